The maximum atomic E-state index is 12.0. The van der Waals surface area contributed by atoms with Gasteiger partial charge in [-0.1, -0.05) is 0 Å². The van der Waals surface area contributed by atoms with E-state index in [4.69, 9.17) is 5.11 Å². The molecule has 1 N–H and O–H groups in total. The van der Waals surface area contributed by atoms with Crippen molar-refractivity contribution < 1.29 is 53.3 Å². The molecule has 0 aliphatic rings. The second-order valence-corrected chi connectivity index (χ2v) is 1.83. The SMILES string of the molecule is O=C(C(F)=C(O)C(F)(F)F)C(F)F.[Cu]. The smallest absolute Gasteiger partial charge is 0.451 e. The van der Waals surface area contributed by atoms with Crippen LogP contribution in [0.5, 0.6) is 0 Å². The third-order valence-electron chi connectivity index (χ3n) is 0.891. The van der Waals surface area contributed by atoms with Crippen molar-refractivity contribution in [2.45, 2.75) is 12.6 Å². The number of allylic oxidation sites excluding steroid dienone is 2. The van der Waals surface area contributed by atoms with Gasteiger partial charge in [0.05, 0.1) is 0 Å². The molecule has 0 bridgehead atoms. The third kappa shape index (κ3) is 4.01. The van der Waals surface area contributed by atoms with Gasteiger partial charge < -0.3 is 5.11 Å². The van der Waals surface area contributed by atoms with Crippen LogP contribution in [0.4, 0.5) is 26.3 Å². The molecule has 0 unspecified atom stereocenters. The molecule has 1 radical (unpaired) electrons. The molecule has 2 nitrogen and oxygen atoms in total. The van der Waals surface area contributed by atoms with E-state index in [0.717, 1.165) is 0 Å². The number of aliphatic hydroxyl groups is 1. The third-order valence-corrected chi connectivity index (χ3v) is 0.891. The fourth-order valence-electron chi connectivity index (χ4n) is 0.337. The first-order valence-electron chi connectivity index (χ1n) is 2.66. The molecule has 14 heavy (non-hydrogen) atoms. The molecule has 0 fully saturated rings. The van der Waals surface area contributed by atoms with E-state index >= 15 is 0 Å². The minimum absolute atomic E-state index is 0. The van der Waals surface area contributed by atoms with Crippen LogP contribution in [0.25, 0.3) is 0 Å². The second-order valence-electron chi connectivity index (χ2n) is 1.83. The van der Waals surface area contributed by atoms with Crippen LogP contribution in [-0.2, 0) is 21.9 Å². The monoisotopic (exact) mass is 271 g/mol. The summed E-state index contributed by atoms with van der Waals surface area (Å²) in [5.41, 5.74) is 0. The molecule has 0 rings (SSSR count). The molecule has 0 amide bonds. The number of Topliss-reactive ketones (excluding diaryl/α,β-unsaturated/α-hetero) is 1. The zero-order valence-corrected chi connectivity index (χ0v) is 6.94. The summed E-state index contributed by atoms with van der Waals surface area (Å²) in [6.07, 6.45) is -9.47. The zero-order valence-electron chi connectivity index (χ0n) is 6.00. The van der Waals surface area contributed by atoms with Crippen LogP contribution in [0.15, 0.2) is 11.6 Å². The van der Waals surface area contributed by atoms with E-state index in [1.807, 2.05) is 0 Å². The topological polar surface area (TPSA) is 37.3 Å². The zero-order chi connectivity index (χ0) is 10.8. The van der Waals surface area contributed by atoms with Gasteiger partial charge in [-0.3, -0.25) is 4.79 Å². The summed E-state index contributed by atoms with van der Waals surface area (Å²) >= 11 is 0. The van der Waals surface area contributed by atoms with Crippen molar-refractivity contribution in [2.75, 3.05) is 0 Å². The van der Waals surface area contributed by atoms with Gasteiger partial charge >= 0.3 is 12.6 Å². The van der Waals surface area contributed by atoms with Crippen molar-refractivity contribution in [3.63, 3.8) is 0 Å². The molecule has 0 heterocycles. The first-order valence-corrected chi connectivity index (χ1v) is 2.66. The summed E-state index contributed by atoms with van der Waals surface area (Å²) in [7, 11) is 0. The van der Waals surface area contributed by atoms with Gasteiger partial charge in [0.2, 0.25) is 11.6 Å². The Morgan fingerprint density at radius 2 is 1.57 bits per heavy atom. The average Bonchev–Trinajstić information content (AvgIpc) is 1.98. The van der Waals surface area contributed by atoms with Gasteiger partial charge in [0.1, 0.15) is 0 Å². The minimum Gasteiger partial charge on any atom is -0.502 e. The Morgan fingerprint density at radius 1 is 1.21 bits per heavy atom. The predicted molar refractivity (Wildman–Crippen MR) is 27.8 cm³/mol. The van der Waals surface area contributed by atoms with E-state index in [9.17, 15) is 31.1 Å². The Bertz CT molecular complexity index is 245. The number of hydrogen-bond acceptors (Lipinski definition) is 2. The van der Waals surface area contributed by atoms with Gasteiger partial charge in [0, 0.05) is 17.1 Å². The summed E-state index contributed by atoms with van der Waals surface area (Å²) in [6, 6.07) is 0. The molecule has 0 saturated heterocycles. The summed E-state index contributed by atoms with van der Waals surface area (Å²) < 4.78 is 68.8. The Balaban J connectivity index is 0. The van der Waals surface area contributed by atoms with E-state index in [1.54, 1.807) is 0 Å². The molecular weight excluding hydrogens is 270 g/mol. The van der Waals surface area contributed by atoms with Crippen molar-refractivity contribution in [1.82, 2.24) is 0 Å². The molecule has 0 spiro atoms. The van der Waals surface area contributed by atoms with E-state index in [0.29, 0.717) is 0 Å². The molecule has 0 atom stereocenters. The van der Waals surface area contributed by atoms with Crippen molar-refractivity contribution in [1.29, 1.82) is 0 Å². The van der Waals surface area contributed by atoms with Crippen LogP contribution >= 0.6 is 0 Å². The van der Waals surface area contributed by atoms with Crippen LogP contribution in [0, 0.1) is 0 Å². The number of aliphatic hydroxyl groups excluding tert-OH is 1. The summed E-state index contributed by atoms with van der Waals surface area (Å²) in [5, 5.41) is 7.90. The molecule has 0 saturated carbocycles. The maximum Gasteiger partial charge on any atom is 0.451 e. The minimum atomic E-state index is -5.55. The van der Waals surface area contributed by atoms with Gasteiger partial charge in [-0.2, -0.15) is 17.6 Å². The van der Waals surface area contributed by atoms with Gasteiger partial charge in [-0.05, 0) is 0 Å². The van der Waals surface area contributed by atoms with Crippen LogP contribution in [0.2, 0.25) is 0 Å². The number of halogens is 6. The fourth-order valence-corrected chi connectivity index (χ4v) is 0.337. The number of carbonyl (C=O) groups excluding carboxylic acids is 1. The molecule has 0 aliphatic heterocycles. The Morgan fingerprint density at radius 3 is 1.79 bits per heavy atom. The van der Waals surface area contributed by atoms with Crippen molar-refractivity contribution in [2.24, 2.45) is 0 Å². The van der Waals surface area contributed by atoms with Crippen LogP contribution in [0.1, 0.15) is 0 Å². The standard InChI is InChI=1S/C5H2F6O2.Cu/c6-1(2(12)4(7)8)3(13)5(9,10)11;/h4,13H;. The Labute approximate surface area is 84.1 Å². The van der Waals surface area contributed by atoms with Crippen LogP contribution in [-0.4, -0.2) is 23.5 Å². The summed E-state index contributed by atoms with van der Waals surface area (Å²) in [4.78, 5) is 9.89. The number of ketones is 1. The molecule has 0 aliphatic carbocycles. The molecular formula is C5H2CuF6O2. The Hall–Kier alpha value is -0.691. The van der Waals surface area contributed by atoms with E-state index in [2.05, 4.69) is 0 Å². The molecule has 0 aromatic carbocycles. The van der Waals surface area contributed by atoms with Crippen LogP contribution < -0.4 is 0 Å². The van der Waals surface area contributed by atoms with Gasteiger partial charge in [0.15, 0.2) is 0 Å². The van der Waals surface area contributed by atoms with E-state index in [1.165, 1.54) is 0 Å². The quantitative estimate of drug-likeness (QED) is 0.361. The van der Waals surface area contributed by atoms with Gasteiger partial charge in [-0.15, -0.1) is 0 Å². The van der Waals surface area contributed by atoms with E-state index in [-0.39, 0.29) is 17.1 Å². The van der Waals surface area contributed by atoms with Crippen LogP contribution in [0.3, 0.4) is 0 Å². The molecule has 9 heteroatoms. The van der Waals surface area contributed by atoms with Crippen molar-refractivity contribution in [3.8, 4) is 0 Å². The largest absolute Gasteiger partial charge is 0.502 e. The van der Waals surface area contributed by atoms with Crippen molar-refractivity contribution in [3.05, 3.63) is 11.6 Å². The predicted octanol–water partition coefficient (Wildman–Crippen LogP) is 2.12. The molecule has 0 aromatic heterocycles. The van der Waals surface area contributed by atoms with Gasteiger partial charge in [0.25, 0.3) is 5.78 Å². The first-order chi connectivity index (χ1) is 5.68. The first kappa shape index (κ1) is 15.8. The Kier molecular flexibility index (Phi) is 5.92. The number of rotatable bonds is 2. The normalized spacial score (nSPS) is 13.4. The molecule has 0 aromatic rings. The van der Waals surface area contributed by atoms with Crippen molar-refractivity contribution >= 4 is 5.78 Å². The van der Waals surface area contributed by atoms with E-state index < -0.39 is 30.0 Å². The van der Waals surface area contributed by atoms with Gasteiger partial charge in [-0.25, -0.2) is 8.78 Å². The number of carbonyl (C=O) groups is 1. The number of alkyl halides is 5. The maximum absolute atomic E-state index is 12.0. The molecule has 87 valence electrons. The average molecular weight is 272 g/mol. The second kappa shape index (κ2) is 5.25. The fraction of sp³-hybridized carbons (Fsp3) is 0.400. The summed E-state index contributed by atoms with van der Waals surface area (Å²) in [5.74, 6) is -8.53. The number of hydrogen-bond donors (Lipinski definition) is 1. The summed E-state index contributed by atoms with van der Waals surface area (Å²) in [6.45, 7) is 0.